The van der Waals surface area contributed by atoms with Crippen LogP contribution >= 0.6 is 11.8 Å². The molecule has 2 atom stereocenters. The minimum absolute atomic E-state index is 0.0170. The maximum absolute atomic E-state index is 12.8. The number of nitrogens with one attached hydrogen (secondary N) is 1. The molecule has 3 N–H and O–H groups in total. The van der Waals surface area contributed by atoms with Crippen LogP contribution in [0, 0.1) is 6.92 Å². The zero-order valence-electron chi connectivity index (χ0n) is 16.6. The zero-order chi connectivity index (χ0) is 20.4. The van der Waals surface area contributed by atoms with E-state index in [2.05, 4.69) is 33.7 Å². The summed E-state index contributed by atoms with van der Waals surface area (Å²) in [6, 6.07) is 16.4. The predicted molar refractivity (Wildman–Crippen MR) is 116 cm³/mol. The maximum atomic E-state index is 12.8. The van der Waals surface area contributed by atoms with E-state index in [9.17, 15) is 4.79 Å². The van der Waals surface area contributed by atoms with E-state index in [4.69, 9.17) is 5.84 Å². The minimum atomic E-state index is -0.332. The Morgan fingerprint density at radius 1 is 1.21 bits per heavy atom. The molecule has 150 valence electrons. The quantitative estimate of drug-likeness (QED) is 0.498. The molecule has 0 radical (unpaired) electrons. The van der Waals surface area contributed by atoms with Gasteiger partial charge >= 0.3 is 0 Å². The molecule has 0 bridgehead atoms. The van der Waals surface area contributed by atoms with Gasteiger partial charge in [0.05, 0.1) is 11.3 Å². The average molecular weight is 408 g/mol. The molecule has 1 aliphatic carbocycles. The summed E-state index contributed by atoms with van der Waals surface area (Å²) in [6.45, 7) is 3.90. The molecule has 0 spiro atoms. The molecule has 0 fully saturated rings. The summed E-state index contributed by atoms with van der Waals surface area (Å²) in [4.78, 5) is 12.8. The lowest BCUT2D eigenvalue weighted by atomic mass is 9.88. The monoisotopic (exact) mass is 407 g/mol. The van der Waals surface area contributed by atoms with Gasteiger partial charge in [-0.3, -0.25) is 4.79 Å². The number of rotatable bonds is 5. The molecule has 0 saturated heterocycles. The molecular weight excluding hydrogens is 382 g/mol. The van der Waals surface area contributed by atoms with Crippen molar-refractivity contribution in [1.82, 2.24) is 20.2 Å². The number of aromatic nitrogens is 3. The first kappa shape index (κ1) is 19.5. The van der Waals surface area contributed by atoms with Crippen molar-refractivity contribution in [3.63, 3.8) is 0 Å². The van der Waals surface area contributed by atoms with Crippen LogP contribution in [-0.2, 0) is 11.2 Å². The van der Waals surface area contributed by atoms with Crippen molar-refractivity contribution in [2.75, 3.05) is 5.84 Å². The smallest absolute Gasteiger partial charge is 0.233 e. The summed E-state index contributed by atoms with van der Waals surface area (Å²) in [5.41, 5.74) is 4.62. The largest absolute Gasteiger partial charge is 0.348 e. The maximum Gasteiger partial charge on any atom is 0.233 e. The van der Waals surface area contributed by atoms with Gasteiger partial charge < -0.3 is 11.2 Å². The number of hydrogen-bond acceptors (Lipinski definition) is 5. The second kappa shape index (κ2) is 8.29. The van der Waals surface area contributed by atoms with Crippen molar-refractivity contribution < 1.29 is 4.79 Å². The van der Waals surface area contributed by atoms with Crippen molar-refractivity contribution in [1.29, 1.82) is 0 Å². The predicted octanol–water partition coefficient (Wildman–Crippen LogP) is 3.64. The molecule has 6 nitrogen and oxygen atoms in total. The number of benzene rings is 2. The fourth-order valence-corrected chi connectivity index (χ4v) is 4.44. The molecule has 0 unspecified atom stereocenters. The van der Waals surface area contributed by atoms with Gasteiger partial charge in [-0.15, -0.1) is 10.2 Å². The van der Waals surface area contributed by atoms with Crippen molar-refractivity contribution >= 4 is 17.7 Å². The first-order valence-electron chi connectivity index (χ1n) is 9.85. The summed E-state index contributed by atoms with van der Waals surface area (Å²) >= 11 is 1.32. The summed E-state index contributed by atoms with van der Waals surface area (Å²) in [5.74, 6) is 6.78. The van der Waals surface area contributed by atoms with E-state index in [-0.39, 0.29) is 17.2 Å². The van der Waals surface area contributed by atoms with Gasteiger partial charge in [0.1, 0.15) is 0 Å². The van der Waals surface area contributed by atoms with E-state index >= 15 is 0 Å². The van der Waals surface area contributed by atoms with E-state index in [0.29, 0.717) is 11.0 Å². The number of aryl methyl sites for hydroxylation is 2. The Bertz CT molecular complexity index is 1010. The normalized spacial score (nSPS) is 16.8. The second-order valence-corrected chi connectivity index (χ2v) is 8.76. The summed E-state index contributed by atoms with van der Waals surface area (Å²) in [7, 11) is 0. The fraction of sp³-hybridized carbons (Fsp3) is 0.318. The topological polar surface area (TPSA) is 85.8 Å². The molecule has 1 aliphatic rings. The van der Waals surface area contributed by atoms with Gasteiger partial charge in [-0.2, -0.15) is 0 Å². The third-order valence-corrected chi connectivity index (χ3v) is 6.37. The molecule has 0 saturated carbocycles. The van der Waals surface area contributed by atoms with Gasteiger partial charge in [0, 0.05) is 5.56 Å². The molecule has 3 aromatic rings. The Morgan fingerprint density at radius 2 is 1.97 bits per heavy atom. The lowest BCUT2D eigenvalue weighted by Crippen LogP contribution is -2.36. The lowest BCUT2D eigenvalue weighted by Gasteiger charge is -2.27. The molecule has 29 heavy (non-hydrogen) atoms. The van der Waals surface area contributed by atoms with Gasteiger partial charge in [-0.25, -0.2) is 4.68 Å². The van der Waals surface area contributed by atoms with Crippen LogP contribution in [0.2, 0.25) is 0 Å². The number of hydrogen-bond donors (Lipinski definition) is 2. The molecule has 2 aromatic carbocycles. The third kappa shape index (κ3) is 4.15. The molecule has 1 aromatic heterocycles. The Balaban J connectivity index is 1.44. The second-order valence-electron chi connectivity index (χ2n) is 7.45. The van der Waals surface area contributed by atoms with E-state index in [1.807, 2.05) is 44.2 Å². The summed E-state index contributed by atoms with van der Waals surface area (Å²) in [5, 5.41) is 11.8. The van der Waals surface area contributed by atoms with E-state index in [0.717, 1.165) is 24.8 Å². The number of thioether (sulfide) groups is 1. The SMILES string of the molecule is Cc1ccc(-c2nnc(S[C@@H](C)C(=O)N[C@@H]3CCCc4ccccc43)n2N)cc1. The number of nitrogens with two attached hydrogens (primary N) is 1. The van der Waals surface area contributed by atoms with Crippen LogP contribution < -0.4 is 11.2 Å². The highest BCUT2D eigenvalue weighted by molar-refractivity contribution is 8.00. The number of fused-ring (bicyclic) bond motifs is 1. The molecule has 0 aliphatic heterocycles. The molecule has 7 heteroatoms. The number of amides is 1. The van der Waals surface area contributed by atoms with Crippen LogP contribution in [-0.4, -0.2) is 26.0 Å². The van der Waals surface area contributed by atoms with E-state index in [1.54, 1.807) is 0 Å². The van der Waals surface area contributed by atoms with Crippen LogP contribution in [0.4, 0.5) is 0 Å². The van der Waals surface area contributed by atoms with Crippen LogP contribution in [0.5, 0.6) is 0 Å². The number of carbonyl (C=O) groups is 1. The van der Waals surface area contributed by atoms with Gasteiger partial charge in [-0.05, 0) is 44.2 Å². The summed E-state index contributed by atoms with van der Waals surface area (Å²) in [6.07, 6.45) is 3.12. The highest BCUT2D eigenvalue weighted by Gasteiger charge is 2.25. The van der Waals surface area contributed by atoms with Gasteiger partial charge in [0.25, 0.3) is 0 Å². The van der Waals surface area contributed by atoms with Crippen molar-refractivity contribution in [3.8, 4) is 11.4 Å². The highest BCUT2D eigenvalue weighted by Crippen LogP contribution is 2.31. The Labute approximate surface area is 174 Å². The first-order valence-corrected chi connectivity index (χ1v) is 10.7. The average Bonchev–Trinajstić information content (AvgIpc) is 3.09. The third-order valence-electron chi connectivity index (χ3n) is 5.31. The number of nitrogen functional groups attached to an aromatic ring is 1. The van der Waals surface area contributed by atoms with Gasteiger partial charge in [0.2, 0.25) is 11.1 Å². The highest BCUT2D eigenvalue weighted by atomic mass is 32.2. The van der Waals surface area contributed by atoms with Crippen molar-refractivity contribution in [2.24, 2.45) is 0 Å². The summed E-state index contributed by atoms with van der Waals surface area (Å²) < 4.78 is 1.45. The standard InChI is InChI=1S/C22H25N5OS/c1-14-10-12-17(13-11-14)20-25-26-22(27(20)23)29-15(2)21(28)24-19-9-5-7-16-6-3-4-8-18(16)19/h3-4,6,8,10-13,15,19H,5,7,9,23H2,1-2H3,(H,24,28)/t15-,19+/m0/s1. The molecular formula is C22H25N5OS. The van der Waals surface area contributed by atoms with Crippen LogP contribution in [0.1, 0.15) is 42.5 Å². The van der Waals surface area contributed by atoms with Crippen LogP contribution in [0.25, 0.3) is 11.4 Å². The Morgan fingerprint density at radius 3 is 2.76 bits per heavy atom. The van der Waals surface area contributed by atoms with Crippen molar-refractivity contribution in [3.05, 3.63) is 65.2 Å². The molecule has 1 heterocycles. The number of carbonyl (C=O) groups excluding carboxylic acids is 1. The number of nitrogens with zero attached hydrogens (tertiary/aromatic N) is 3. The zero-order valence-corrected chi connectivity index (χ0v) is 17.4. The Hall–Kier alpha value is -2.80. The molecule has 1 amide bonds. The van der Waals surface area contributed by atoms with Crippen LogP contribution in [0.3, 0.4) is 0 Å². The van der Waals surface area contributed by atoms with E-state index < -0.39 is 0 Å². The molecule has 4 rings (SSSR count). The minimum Gasteiger partial charge on any atom is -0.348 e. The van der Waals surface area contributed by atoms with Gasteiger partial charge in [-0.1, -0.05) is 65.9 Å². The fourth-order valence-electron chi connectivity index (χ4n) is 3.66. The van der Waals surface area contributed by atoms with Crippen molar-refractivity contribution in [2.45, 2.75) is 49.6 Å². The van der Waals surface area contributed by atoms with E-state index in [1.165, 1.54) is 33.1 Å². The van der Waals surface area contributed by atoms with Crippen LogP contribution in [0.15, 0.2) is 53.7 Å². The Kier molecular flexibility index (Phi) is 5.58. The van der Waals surface area contributed by atoms with Gasteiger partial charge in [0.15, 0.2) is 5.82 Å². The lowest BCUT2D eigenvalue weighted by molar-refractivity contribution is -0.121. The first-order chi connectivity index (χ1) is 14.0.